The summed E-state index contributed by atoms with van der Waals surface area (Å²) in [6.07, 6.45) is 2.67. The maximum Gasteiger partial charge on any atom is 0.310 e. The Balaban J connectivity index is 1.71. The summed E-state index contributed by atoms with van der Waals surface area (Å²) < 4.78 is 28.7. The first-order valence-electron chi connectivity index (χ1n) is 9.17. The van der Waals surface area contributed by atoms with Crippen molar-refractivity contribution in [2.75, 3.05) is 5.32 Å². The van der Waals surface area contributed by atoms with E-state index in [9.17, 15) is 18.7 Å². The number of H-pyrrole nitrogens is 1. The molecule has 0 radical (unpaired) electrons. The molecule has 0 spiro atoms. The lowest BCUT2D eigenvalue weighted by Crippen LogP contribution is -2.22. The highest BCUT2D eigenvalue weighted by molar-refractivity contribution is 5.86. The van der Waals surface area contributed by atoms with Crippen LogP contribution in [-0.2, 0) is 6.54 Å². The van der Waals surface area contributed by atoms with Crippen molar-refractivity contribution in [3.05, 3.63) is 75.4 Å². The van der Waals surface area contributed by atoms with Gasteiger partial charge in [-0.1, -0.05) is 6.08 Å². The minimum Gasteiger partial charge on any atom is -0.386 e. The van der Waals surface area contributed by atoms with Crippen molar-refractivity contribution in [1.82, 2.24) is 14.5 Å². The van der Waals surface area contributed by atoms with Gasteiger partial charge < -0.3 is 20.0 Å². The Hall–Kier alpha value is -3.26. The van der Waals surface area contributed by atoms with Crippen LogP contribution in [0.3, 0.4) is 0 Å². The number of benzene rings is 1. The van der Waals surface area contributed by atoms with E-state index in [0.717, 1.165) is 34.0 Å². The van der Waals surface area contributed by atoms with E-state index >= 15 is 0 Å². The molecule has 3 aromatic rings. The fourth-order valence-electron chi connectivity index (χ4n) is 3.43. The van der Waals surface area contributed by atoms with Gasteiger partial charge in [0.05, 0.1) is 0 Å². The SMILES string of the molecule is Cc1cc2cc(Nc3nc(=O)c(F)cn3CC3=CC=C(F)C(O)C3)c(C)cc2[nH]1. The average molecular weight is 398 g/mol. The van der Waals surface area contributed by atoms with Crippen LogP contribution in [0.1, 0.15) is 17.7 Å². The molecule has 2 aromatic heterocycles. The number of aliphatic hydroxyl groups is 1. The number of aromatic nitrogens is 3. The van der Waals surface area contributed by atoms with Crippen LogP contribution in [0.25, 0.3) is 10.9 Å². The van der Waals surface area contributed by atoms with E-state index in [2.05, 4.69) is 15.3 Å². The highest BCUT2D eigenvalue weighted by Gasteiger charge is 2.18. The molecule has 1 aliphatic carbocycles. The van der Waals surface area contributed by atoms with Gasteiger partial charge in [-0.25, -0.2) is 4.39 Å². The number of aromatic amines is 1. The van der Waals surface area contributed by atoms with Crippen LogP contribution < -0.4 is 10.9 Å². The third-order valence-corrected chi connectivity index (χ3v) is 4.93. The summed E-state index contributed by atoms with van der Waals surface area (Å²) in [5.74, 6) is -1.43. The minimum atomic E-state index is -1.22. The van der Waals surface area contributed by atoms with E-state index in [-0.39, 0.29) is 18.9 Å². The number of aliphatic hydroxyl groups excluding tert-OH is 1. The monoisotopic (exact) mass is 398 g/mol. The summed E-state index contributed by atoms with van der Waals surface area (Å²) >= 11 is 0. The number of hydrogen-bond donors (Lipinski definition) is 3. The fourth-order valence-corrected chi connectivity index (χ4v) is 3.43. The van der Waals surface area contributed by atoms with Crippen LogP contribution in [0.4, 0.5) is 20.4 Å². The molecule has 29 heavy (non-hydrogen) atoms. The highest BCUT2D eigenvalue weighted by Crippen LogP contribution is 2.27. The lowest BCUT2D eigenvalue weighted by Gasteiger charge is -2.20. The summed E-state index contributed by atoms with van der Waals surface area (Å²) in [6.45, 7) is 4.03. The van der Waals surface area contributed by atoms with Crippen LogP contribution in [0.2, 0.25) is 0 Å². The summed E-state index contributed by atoms with van der Waals surface area (Å²) in [7, 11) is 0. The smallest absolute Gasteiger partial charge is 0.310 e. The minimum absolute atomic E-state index is 0.0864. The maximum atomic E-state index is 13.9. The van der Waals surface area contributed by atoms with Crippen LogP contribution in [0.5, 0.6) is 0 Å². The van der Waals surface area contributed by atoms with Crippen molar-refractivity contribution in [2.24, 2.45) is 0 Å². The lowest BCUT2D eigenvalue weighted by molar-refractivity contribution is 0.179. The second-order valence-corrected chi connectivity index (χ2v) is 7.27. The highest BCUT2D eigenvalue weighted by atomic mass is 19.1. The molecule has 0 fully saturated rings. The summed E-state index contributed by atoms with van der Waals surface area (Å²) in [4.78, 5) is 18.9. The lowest BCUT2D eigenvalue weighted by atomic mass is 10.0. The largest absolute Gasteiger partial charge is 0.386 e. The first-order chi connectivity index (χ1) is 13.8. The van der Waals surface area contributed by atoms with Gasteiger partial charge in [0.15, 0.2) is 0 Å². The molecule has 1 atom stereocenters. The van der Waals surface area contributed by atoms with Gasteiger partial charge in [-0.3, -0.25) is 4.79 Å². The van der Waals surface area contributed by atoms with Gasteiger partial charge in [-0.05, 0) is 49.3 Å². The van der Waals surface area contributed by atoms with Crippen molar-refractivity contribution >= 4 is 22.5 Å². The Kier molecular flexibility index (Phi) is 4.79. The van der Waals surface area contributed by atoms with E-state index < -0.39 is 23.3 Å². The third-order valence-electron chi connectivity index (χ3n) is 4.93. The zero-order valence-electron chi connectivity index (χ0n) is 16.0. The molecule has 8 heteroatoms. The van der Waals surface area contributed by atoms with Gasteiger partial charge in [-0.15, -0.1) is 0 Å². The zero-order chi connectivity index (χ0) is 20.7. The first-order valence-corrected chi connectivity index (χ1v) is 9.17. The molecule has 1 aliphatic rings. The Morgan fingerprint density at radius 3 is 2.83 bits per heavy atom. The molecule has 0 saturated carbocycles. The van der Waals surface area contributed by atoms with Gasteiger partial charge in [0.25, 0.3) is 0 Å². The van der Waals surface area contributed by atoms with Crippen molar-refractivity contribution in [2.45, 2.75) is 32.9 Å². The molecular formula is C21H20F2N4O2. The third kappa shape index (κ3) is 3.84. The fraction of sp³-hybridized carbons (Fsp3) is 0.238. The second-order valence-electron chi connectivity index (χ2n) is 7.27. The normalized spacial score (nSPS) is 16.7. The number of nitrogens with one attached hydrogen (secondary N) is 2. The van der Waals surface area contributed by atoms with Crippen molar-refractivity contribution in [1.29, 1.82) is 0 Å². The molecule has 4 rings (SSSR count). The van der Waals surface area contributed by atoms with Crippen LogP contribution in [0.15, 0.2) is 52.7 Å². The number of allylic oxidation sites excluding steroid dienone is 2. The maximum absolute atomic E-state index is 13.9. The van der Waals surface area contributed by atoms with E-state index in [1.54, 1.807) is 6.08 Å². The van der Waals surface area contributed by atoms with E-state index in [1.807, 2.05) is 32.0 Å². The summed E-state index contributed by atoms with van der Waals surface area (Å²) in [5, 5.41) is 13.8. The number of rotatable bonds is 4. The summed E-state index contributed by atoms with van der Waals surface area (Å²) in [6, 6.07) is 5.90. The summed E-state index contributed by atoms with van der Waals surface area (Å²) in [5.41, 5.74) is 3.37. The van der Waals surface area contributed by atoms with E-state index in [0.29, 0.717) is 5.57 Å². The number of anilines is 2. The van der Waals surface area contributed by atoms with Crippen molar-refractivity contribution in [3.8, 4) is 0 Å². The number of hydrogen-bond acceptors (Lipinski definition) is 4. The molecule has 6 nitrogen and oxygen atoms in total. The van der Waals surface area contributed by atoms with Gasteiger partial charge in [-0.2, -0.15) is 9.37 Å². The van der Waals surface area contributed by atoms with Gasteiger partial charge >= 0.3 is 5.56 Å². The van der Waals surface area contributed by atoms with Crippen LogP contribution in [-0.4, -0.2) is 25.7 Å². The predicted molar refractivity (Wildman–Crippen MR) is 107 cm³/mol. The molecule has 2 heterocycles. The number of aryl methyl sites for hydroxylation is 2. The van der Waals surface area contributed by atoms with Crippen LogP contribution in [0, 0.1) is 19.7 Å². The molecule has 0 saturated heterocycles. The molecule has 0 bridgehead atoms. The molecule has 3 N–H and O–H groups in total. The molecular weight excluding hydrogens is 378 g/mol. The molecule has 0 amide bonds. The Labute approximate surface area is 165 Å². The standard InChI is InChI=1S/C21H20F2N4O2/c1-11-5-18-14(6-12(2)24-18)8-17(11)25-21-26-20(29)16(23)10-27(21)9-13-3-4-15(22)19(28)7-13/h3-6,8,10,19,24,28H,7,9H2,1-2H3,(H,25,26,29). The molecule has 1 unspecified atom stereocenters. The van der Waals surface area contributed by atoms with E-state index in [4.69, 9.17) is 0 Å². The van der Waals surface area contributed by atoms with Crippen molar-refractivity contribution < 1.29 is 13.9 Å². The Morgan fingerprint density at radius 1 is 1.28 bits per heavy atom. The zero-order valence-corrected chi connectivity index (χ0v) is 16.0. The molecule has 150 valence electrons. The van der Waals surface area contributed by atoms with Crippen molar-refractivity contribution in [3.63, 3.8) is 0 Å². The van der Waals surface area contributed by atoms with Gasteiger partial charge in [0, 0.05) is 41.4 Å². The number of halogens is 2. The number of nitrogens with zero attached hydrogens (tertiary/aromatic N) is 2. The number of fused-ring (bicyclic) bond motifs is 1. The van der Waals surface area contributed by atoms with E-state index in [1.165, 1.54) is 10.6 Å². The van der Waals surface area contributed by atoms with Gasteiger partial charge in [0.2, 0.25) is 11.8 Å². The second kappa shape index (κ2) is 7.29. The Bertz CT molecular complexity index is 1220. The van der Waals surface area contributed by atoms with Crippen LogP contribution >= 0.6 is 0 Å². The Morgan fingerprint density at radius 2 is 2.07 bits per heavy atom. The average Bonchev–Trinajstić information content (AvgIpc) is 3.01. The molecule has 1 aromatic carbocycles. The topological polar surface area (TPSA) is 82.9 Å². The first kappa shape index (κ1) is 19.1. The van der Waals surface area contributed by atoms with Gasteiger partial charge in [0.1, 0.15) is 11.9 Å². The quantitative estimate of drug-likeness (QED) is 0.625. The molecule has 0 aliphatic heterocycles. The predicted octanol–water partition coefficient (Wildman–Crippen LogP) is 3.77.